The molecule has 1 aromatic heterocycles. The zero-order valence-electron chi connectivity index (χ0n) is 16.8. The number of aliphatic imine (C=N–C) groups is 1. The molecule has 0 saturated carbocycles. The predicted molar refractivity (Wildman–Crippen MR) is 109 cm³/mol. The van der Waals surface area contributed by atoms with E-state index in [4.69, 9.17) is 4.74 Å². The topological polar surface area (TPSA) is 59.7 Å². The van der Waals surface area contributed by atoms with Crippen LogP contribution in [0.5, 0.6) is 0 Å². The molecule has 2 aliphatic rings. The zero-order valence-corrected chi connectivity index (χ0v) is 16.8. The summed E-state index contributed by atoms with van der Waals surface area (Å²) in [4.78, 5) is 23.6. The number of carbonyl (C=O) groups excluding carboxylic acids is 1. The van der Waals surface area contributed by atoms with Gasteiger partial charge in [0.1, 0.15) is 18.7 Å². The molecule has 1 amide bonds. The number of hydrogen-bond donors (Lipinski definition) is 0. The van der Waals surface area contributed by atoms with Crippen molar-refractivity contribution in [2.24, 2.45) is 4.99 Å². The van der Waals surface area contributed by atoms with Crippen molar-refractivity contribution in [1.29, 1.82) is 0 Å². The van der Waals surface area contributed by atoms with Crippen LogP contribution in [0.1, 0.15) is 55.2 Å². The maximum Gasteiger partial charge on any atom is 0.248 e. The first-order valence-electron chi connectivity index (χ1n) is 9.75. The largest absolute Gasteiger partial charge is 0.375 e. The average molecular weight is 378 g/mol. The van der Waals surface area contributed by atoms with Crippen LogP contribution >= 0.6 is 0 Å². The Kier molecular flexibility index (Phi) is 4.89. The third kappa shape index (κ3) is 3.18. The molecule has 0 N–H and O–H groups in total. The number of imidazole rings is 1. The summed E-state index contributed by atoms with van der Waals surface area (Å²) in [6.07, 6.45) is 6.44. The number of fused-ring (bicyclic) bond motifs is 3. The first-order chi connectivity index (χ1) is 13.5. The van der Waals surface area contributed by atoms with Crippen molar-refractivity contribution in [3.8, 4) is 0 Å². The fourth-order valence-electron chi connectivity index (χ4n) is 3.92. The third-order valence-electron chi connectivity index (χ3n) is 5.57. The lowest BCUT2D eigenvalue weighted by atomic mass is 9.87. The van der Waals surface area contributed by atoms with E-state index in [2.05, 4.69) is 42.0 Å². The minimum atomic E-state index is -0.0950. The molecule has 0 bridgehead atoms. The van der Waals surface area contributed by atoms with Gasteiger partial charge in [-0.1, -0.05) is 32.0 Å². The van der Waals surface area contributed by atoms with Crippen LogP contribution in [0.4, 0.5) is 0 Å². The molecule has 1 atom stereocenters. The molecule has 0 aliphatic carbocycles. The molecule has 0 radical (unpaired) electrons. The maximum atomic E-state index is 12.7. The molecular formula is C22H26N4O2. The van der Waals surface area contributed by atoms with Gasteiger partial charge in [0.05, 0.1) is 17.5 Å². The van der Waals surface area contributed by atoms with Crippen molar-refractivity contribution in [2.75, 3.05) is 20.2 Å². The lowest BCUT2D eigenvalue weighted by molar-refractivity contribution is -0.126. The van der Waals surface area contributed by atoms with E-state index < -0.39 is 0 Å². The summed E-state index contributed by atoms with van der Waals surface area (Å²) in [5.41, 5.74) is 5.59. The van der Waals surface area contributed by atoms with Crippen molar-refractivity contribution in [1.82, 2.24) is 14.5 Å². The highest BCUT2D eigenvalue weighted by Crippen LogP contribution is 2.34. The van der Waals surface area contributed by atoms with Crippen molar-refractivity contribution >= 4 is 17.4 Å². The molecule has 146 valence electrons. The van der Waals surface area contributed by atoms with E-state index in [9.17, 15) is 4.79 Å². The van der Waals surface area contributed by atoms with Crippen LogP contribution in [-0.2, 0) is 16.0 Å². The Morgan fingerprint density at radius 1 is 1.21 bits per heavy atom. The van der Waals surface area contributed by atoms with Crippen molar-refractivity contribution in [3.63, 3.8) is 0 Å². The quantitative estimate of drug-likeness (QED) is 0.822. The van der Waals surface area contributed by atoms with E-state index in [0.29, 0.717) is 12.5 Å². The zero-order chi connectivity index (χ0) is 19.8. The number of aromatic nitrogens is 2. The number of benzene rings is 1. The molecule has 0 unspecified atom stereocenters. The highest BCUT2D eigenvalue weighted by Gasteiger charge is 2.29. The average Bonchev–Trinajstić information content (AvgIpc) is 3.12. The summed E-state index contributed by atoms with van der Waals surface area (Å²) < 4.78 is 7.22. The summed E-state index contributed by atoms with van der Waals surface area (Å²) in [6, 6.07) is 6.39. The highest BCUT2D eigenvalue weighted by atomic mass is 16.5. The second kappa shape index (κ2) is 7.36. The Labute approximate surface area is 165 Å². The molecule has 0 spiro atoms. The van der Waals surface area contributed by atoms with Crippen LogP contribution < -0.4 is 0 Å². The molecule has 2 aliphatic heterocycles. The van der Waals surface area contributed by atoms with Gasteiger partial charge in [-0.2, -0.15) is 0 Å². The van der Waals surface area contributed by atoms with E-state index in [1.807, 2.05) is 28.7 Å². The predicted octanol–water partition coefficient (Wildman–Crippen LogP) is 3.40. The second-order valence-electron chi connectivity index (χ2n) is 7.61. The number of hydrogen-bond acceptors (Lipinski definition) is 4. The van der Waals surface area contributed by atoms with E-state index in [0.717, 1.165) is 29.2 Å². The van der Waals surface area contributed by atoms with Gasteiger partial charge in [0.25, 0.3) is 0 Å². The van der Waals surface area contributed by atoms with Crippen molar-refractivity contribution in [2.45, 2.75) is 39.2 Å². The molecule has 28 heavy (non-hydrogen) atoms. The molecule has 3 heterocycles. The van der Waals surface area contributed by atoms with Gasteiger partial charge in [-0.05, 0) is 30.4 Å². The first kappa shape index (κ1) is 18.6. The lowest BCUT2D eigenvalue weighted by Gasteiger charge is -2.32. The molecular weight excluding hydrogens is 352 g/mol. The second-order valence-corrected chi connectivity index (χ2v) is 7.61. The van der Waals surface area contributed by atoms with Gasteiger partial charge in [0.15, 0.2) is 0 Å². The molecule has 2 aromatic rings. The van der Waals surface area contributed by atoms with Gasteiger partial charge in [-0.25, -0.2) is 4.98 Å². The van der Waals surface area contributed by atoms with E-state index in [1.54, 1.807) is 13.4 Å². The minimum Gasteiger partial charge on any atom is -0.375 e. The van der Waals surface area contributed by atoms with Crippen LogP contribution in [0.15, 0.2) is 41.8 Å². The maximum absolute atomic E-state index is 12.7. The monoisotopic (exact) mass is 378 g/mol. The van der Waals surface area contributed by atoms with Crippen molar-refractivity contribution < 1.29 is 9.53 Å². The summed E-state index contributed by atoms with van der Waals surface area (Å²) >= 11 is 0. The number of allylic oxidation sites excluding steroid dienone is 1. The summed E-state index contributed by atoms with van der Waals surface area (Å²) in [7, 11) is 1.66. The standard InChI is InChI=1S/C22H26N4O2/c1-14(2)16-6-5-7-18-17(16)8-9-26-20(18)10-21(23-11-22(26)27)25-12-19(24-13-25)15(3)28-4/h5-7,10,12-15H,8-9,11H2,1-4H3/t15-/m0/s1. The molecule has 4 rings (SSSR count). The molecule has 6 heteroatoms. The van der Waals surface area contributed by atoms with Crippen LogP contribution in [0.25, 0.3) is 5.70 Å². The fraction of sp³-hybridized carbons (Fsp3) is 0.409. The van der Waals surface area contributed by atoms with Gasteiger partial charge in [-0.15, -0.1) is 0 Å². The van der Waals surface area contributed by atoms with Gasteiger partial charge < -0.3 is 9.64 Å². The number of nitrogens with zero attached hydrogens (tertiary/aromatic N) is 4. The number of carbonyl (C=O) groups is 1. The van der Waals surface area contributed by atoms with Gasteiger partial charge >= 0.3 is 0 Å². The van der Waals surface area contributed by atoms with E-state index >= 15 is 0 Å². The van der Waals surface area contributed by atoms with E-state index in [1.165, 1.54) is 11.1 Å². The van der Waals surface area contributed by atoms with Crippen LogP contribution in [0, 0.1) is 0 Å². The van der Waals surface area contributed by atoms with Gasteiger partial charge in [0.2, 0.25) is 5.91 Å². The van der Waals surface area contributed by atoms with Crippen LogP contribution in [0.2, 0.25) is 0 Å². The summed E-state index contributed by atoms with van der Waals surface area (Å²) in [6.45, 7) is 7.22. The lowest BCUT2D eigenvalue weighted by Crippen LogP contribution is -2.36. The Bertz CT molecular complexity index is 971. The third-order valence-corrected chi connectivity index (χ3v) is 5.57. The smallest absolute Gasteiger partial charge is 0.248 e. The van der Waals surface area contributed by atoms with Gasteiger partial charge in [-0.3, -0.25) is 14.4 Å². The van der Waals surface area contributed by atoms with Crippen LogP contribution in [0.3, 0.4) is 0 Å². The summed E-state index contributed by atoms with van der Waals surface area (Å²) in [5, 5.41) is 0. The van der Waals surface area contributed by atoms with Crippen LogP contribution in [-0.4, -0.2) is 46.4 Å². The van der Waals surface area contributed by atoms with Crippen molar-refractivity contribution in [3.05, 3.63) is 59.2 Å². The molecule has 1 aromatic carbocycles. The Balaban J connectivity index is 1.80. The molecule has 0 saturated heterocycles. The SMILES string of the molecule is CO[C@@H](C)c1cn(C2=NCC(=O)N3CCc4c(cccc4C(C)C)C3=C2)cn1. The number of rotatable bonds is 3. The van der Waals surface area contributed by atoms with E-state index in [-0.39, 0.29) is 18.6 Å². The molecule has 0 fully saturated rings. The highest BCUT2D eigenvalue weighted by molar-refractivity contribution is 6.06. The number of ether oxygens (including phenoxy) is 1. The Morgan fingerprint density at radius 3 is 2.79 bits per heavy atom. The first-order valence-corrected chi connectivity index (χ1v) is 9.75. The van der Waals surface area contributed by atoms with Gasteiger partial charge in [0, 0.05) is 31.5 Å². The minimum absolute atomic E-state index is 0.0347. The normalized spacial score (nSPS) is 17.6. The fourth-order valence-corrected chi connectivity index (χ4v) is 3.92. The number of amides is 1. The number of methoxy groups -OCH3 is 1. The Morgan fingerprint density at radius 2 is 2.04 bits per heavy atom. The Hall–Kier alpha value is -2.73. The summed E-state index contributed by atoms with van der Waals surface area (Å²) in [5.74, 6) is 1.20. The molecule has 6 nitrogen and oxygen atoms in total.